The van der Waals surface area contributed by atoms with E-state index in [9.17, 15) is 14.4 Å². The number of rotatable bonds is 2. The van der Waals surface area contributed by atoms with Crippen molar-refractivity contribution >= 4 is 17.9 Å². The quantitative estimate of drug-likeness (QED) is 0.635. The van der Waals surface area contributed by atoms with E-state index in [-0.39, 0.29) is 17.9 Å². The molecule has 3 aliphatic rings. The first-order valence-electron chi connectivity index (χ1n) is 6.20. The van der Waals surface area contributed by atoms with Crippen LogP contribution in [0.2, 0.25) is 0 Å². The summed E-state index contributed by atoms with van der Waals surface area (Å²) in [5.74, 6) is -0.453. The van der Waals surface area contributed by atoms with Crippen LogP contribution in [0.3, 0.4) is 0 Å². The average Bonchev–Trinajstić information content (AvgIpc) is 3.01. The molecule has 0 spiro atoms. The van der Waals surface area contributed by atoms with Crippen molar-refractivity contribution in [3.63, 3.8) is 0 Å². The molecule has 3 aliphatic heterocycles. The maximum Gasteiger partial charge on any atom is 0.328 e. The molecule has 7 heteroatoms. The second kappa shape index (κ2) is 4.15. The number of carbonyl (C=O) groups excluding carboxylic acids is 3. The maximum atomic E-state index is 12.3. The number of esters is 1. The van der Waals surface area contributed by atoms with Crippen LogP contribution < -0.4 is 5.32 Å². The lowest BCUT2D eigenvalue weighted by Crippen LogP contribution is -2.47. The van der Waals surface area contributed by atoms with Crippen LogP contribution in [0, 0.1) is 0 Å². The molecule has 0 bridgehead atoms. The van der Waals surface area contributed by atoms with E-state index in [1.807, 2.05) is 0 Å². The number of nitrogens with one attached hydrogen (secondary N) is 1. The van der Waals surface area contributed by atoms with Gasteiger partial charge in [0.05, 0.1) is 6.61 Å². The molecule has 3 amide bonds. The van der Waals surface area contributed by atoms with Crippen molar-refractivity contribution in [1.29, 1.82) is 0 Å². The highest BCUT2D eigenvalue weighted by atomic mass is 16.5. The molecule has 2 unspecified atom stereocenters. The Kier molecular flexibility index (Phi) is 2.61. The summed E-state index contributed by atoms with van der Waals surface area (Å²) in [7, 11) is 0. The number of likely N-dealkylation sites (tertiary alicyclic amines) is 1. The Morgan fingerprint density at radius 1 is 1.06 bits per heavy atom. The first-order chi connectivity index (χ1) is 8.68. The van der Waals surface area contributed by atoms with Gasteiger partial charge in [-0.3, -0.25) is 4.79 Å². The Labute approximate surface area is 104 Å². The summed E-state index contributed by atoms with van der Waals surface area (Å²) in [5.41, 5.74) is 0. The molecule has 98 valence electrons. The molecule has 3 fully saturated rings. The number of nitrogens with zero attached hydrogens (tertiary/aromatic N) is 2. The first-order valence-corrected chi connectivity index (χ1v) is 6.20. The fraction of sp³-hybridized carbons (Fsp3) is 0.727. The number of carbonyl (C=O) groups is 3. The van der Waals surface area contributed by atoms with Crippen LogP contribution in [-0.4, -0.2) is 66.0 Å². The number of cyclic esters (lactones) is 1. The molecule has 18 heavy (non-hydrogen) atoms. The molecular weight excluding hydrogens is 238 g/mol. The van der Waals surface area contributed by atoms with E-state index in [1.165, 1.54) is 0 Å². The second-order valence-electron chi connectivity index (χ2n) is 4.73. The largest absolute Gasteiger partial charge is 0.464 e. The van der Waals surface area contributed by atoms with Crippen molar-refractivity contribution in [3.05, 3.63) is 0 Å². The Morgan fingerprint density at radius 3 is 2.50 bits per heavy atom. The van der Waals surface area contributed by atoms with Crippen LogP contribution in [0.1, 0.15) is 12.8 Å². The molecule has 0 aromatic carbocycles. The van der Waals surface area contributed by atoms with Crippen LogP contribution in [0.4, 0.5) is 4.79 Å². The molecule has 7 nitrogen and oxygen atoms in total. The van der Waals surface area contributed by atoms with Crippen molar-refractivity contribution in [2.45, 2.75) is 24.9 Å². The van der Waals surface area contributed by atoms with Gasteiger partial charge in [-0.2, -0.15) is 0 Å². The second-order valence-corrected chi connectivity index (χ2v) is 4.73. The maximum absolute atomic E-state index is 12.3. The molecule has 3 saturated heterocycles. The first kappa shape index (κ1) is 11.3. The summed E-state index contributed by atoms with van der Waals surface area (Å²) in [6.45, 7) is 2.03. The average molecular weight is 253 g/mol. The smallest absolute Gasteiger partial charge is 0.328 e. The monoisotopic (exact) mass is 253 g/mol. The molecule has 1 N–H and O–H groups in total. The van der Waals surface area contributed by atoms with Gasteiger partial charge in [0.15, 0.2) is 0 Å². The number of hydrogen-bond donors (Lipinski definition) is 1. The van der Waals surface area contributed by atoms with Crippen LogP contribution in [0.25, 0.3) is 0 Å². The van der Waals surface area contributed by atoms with Crippen molar-refractivity contribution in [3.8, 4) is 0 Å². The summed E-state index contributed by atoms with van der Waals surface area (Å²) < 4.78 is 4.88. The topological polar surface area (TPSA) is 79.0 Å². The number of ether oxygens (including phenoxy) is 1. The highest BCUT2D eigenvalue weighted by molar-refractivity contribution is 5.92. The zero-order chi connectivity index (χ0) is 12.7. The molecule has 0 aromatic rings. The summed E-state index contributed by atoms with van der Waals surface area (Å²) in [5, 5.41) is 2.68. The minimum atomic E-state index is -0.451. The lowest BCUT2D eigenvalue weighted by atomic mass is 10.2. The third-order valence-corrected chi connectivity index (χ3v) is 3.76. The third-order valence-electron chi connectivity index (χ3n) is 3.76. The predicted octanol–water partition coefficient (Wildman–Crippen LogP) is -1.07. The summed E-state index contributed by atoms with van der Waals surface area (Å²) >= 11 is 0. The predicted molar refractivity (Wildman–Crippen MR) is 59.6 cm³/mol. The van der Waals surface area contributed by atoms with Gasteiger partial charge < -0.3 is 19.9 Å². The summed E-state index contributed by atoms with van der Waals surface area (Å²) in [4.78, 5) is 38.4. The van der Waals surface area contributed by atoms with E-state index in [0.29, 0.717) is 39.1 Å². The van der Waals surface area contributed by atoms with Crippen LogP contribution in [0.5, 0.6) is 0 Å². The summed E-state index contributed by atoms with van der Waals surface area (Å²) in [6, 6.07) is -1.06. The number of amides is 3. The highest BCUT2D eigenvalue weighted by Gasteiger charge is 2.45. The lowest BCUT2D eigenvalue weighted by Gasteiger charge is -2.24. The molecular formula is C11H15N3O4. The third kappa shape index (κ3) is 1.61. The van der Waals surface area contributed by atoms with Gasteiger partial charge in [0.1, 0.15) is 12.1 Å². The van der Waals surface area contributed by atoms with E-state index in [1.54, 1.807) is 9.80 Å². The van der Waals surface area contributed by atoms with Gasteiger partial charge >= 0.3 is 12.0 Å². The van der Waals surface area contributed by atoms with E-state index in [4.69, 9.17) is 4.74 Å². The van der Waals surface area contributed by atoms with Crippen LogP contribution in [-0.2, 0) is 14.3 Å². The van der Waals surface area contributed by atoms with Crippen molar-refractivity contribution in [2.24, 2.45) is 0 Å². The molecule has 2 atom stereocenters. The Hall–Kier alpha value is -1.79. The van der Waals surface area contributed by atoms with E-state index in [0.717, 1.165) is 0 Å². The Balaban J connectivity index is 1.72. The highest BCUT2D eigenvalue weighted by Crippen LogP contribution is 2.24. The van der Waals surface area contributed by atoms with Gasteiger partial charge in [-0.15, -0.1) is 0 Å². The van der Waals surface area contributed by atoms with Crippen LogP contribution >= 0.6 is 0 Å². The normalized spacial score (nSPS) is 32.1. The SMILES string of the molecule is O=C1OCCC1N1CCC(N2CCNC2=O)C1=O. The number of urea groups is 1. The van der Waals surface area contributed by atoms with Crippen molar-refractivity contribution in [2.75, 3.05) is 26.2 Å². The van der Waals surface area contributed by atoms with Gasteiger partial charge in [-0.05, 0) is 6.42 Å². The van der Waals surface area contributed by atoms with E-state index >= 15 is 0 Å². The minimum absolute atomic E-state index is 0.129. The lowest BCUT2D eigenvalue weighted by molar-refractivity contribution is -0.147. The minimum Gasteiger partial charge on any atom is -0.464 e. The van der Waals surface area contributed by atoms with Gasteiger partial charge in [-0.25, -0.2) is 9.59 Å². The Bertz CT molecular complexity index is 375. The number of hydrogen-bond acceptors (Lipinski definition) is 4. The zero-order valence-corrected chi connectivity index (χ0v) is 9.92. The van der Waals surface area contributed by atoms with Gasteiger partial charge in [0.25, 0.3) is 0 Å². The molecule has 0 saturated carbocycles. The van der Waals surface area contributed by atoms with Crippen molar-refractivity contribution < 1.29 is 19.1 Å². The molecule has 0 aromatic heterocycles. The molecule has 0 radical (unpaired) electrons. The van der Waals surface area contributed by atoms with Gasteiger partial charge in [-0.1, -0.05) is 0 Å². The van der Waals surface area contributed by atoms with E-state index in [2.05, 4.69) is 5.32 Å². The zero-order valence-electron chi connectivity index (χ0n) is 9.92. The van der Waals surface area contributed by atoms with E-state index < -0.39 is 12.1 Å². The molecule has 3 heterocycles. The van der Waals surface area contributed by atoms with Gasteiger partial charge in [0, 0.05) is 26.1 Å². The van der Waals surface area contributed by atoms with Crippen LogP contribution in [0.15, 0.2) is 0 Å². The van der Waals surface area contributed by atoms with Gasteiger partial charge in [0.2, 0.25) is 5.91 Å². The molecule has 3 rings (SSSR count). The summed E-state index contributed by atoms with van der Waals surface area (Å²) in [6.07, 6.45) is 1.15. The molecule has 0 aliphatic carbocycles. The Morgan fingerprint density at radius 2 is 1.89 bits per heavy atom. The standard InChI is InChI=1S/C11H15N3O4/c15-9-7(14-5-3-12-11(14)17)1-4-13(9)8-2-6-18-10(8)16/h7-8H,1-6H2,(H,12,17). The fourth-order valence-corrected chi connectivity index (χ4v) is 2.84. The fourth-order valence-electron chi connectivity index (χ4n) is 2.84. The van der Waals surface area contributed by atoms with Crippen molar-refractivity contribution in [1.82, 2.24) is 15.1 Å².